The molecule has 14 heteroatoms. The van der Waals surface area contributed by atoms with Gasteiger partial charge in [-0.25, -0.2) is 0 Å². The smallest absolute Gasteiger partial charge is 0.317 e. The molecule has 14 nitrogen and oxygen atoms in total. The number of aldehydes is 1. The molecule has 0 saturated carbocycles. The maximum Gasteiger partial charge on any atom is 0.317 e. The third kappa shape index (κ3) is 17.1. The van der Waals surface area contributed by atoms with Crippen LogP contribution in [-0.2, 0) is 33.4 Å². The number of hydrogen-bond acceptors (Lipinski definition) is 11. The zero-order chi connectivity index (χ0) is 28.2. The van der Waals surface area contributed by atoms with Crippen LogP contribution in [0.4, 0.5) is 0 Å². The molecule has 1 aliphatic rings. The summed E-state index contributed by atoms with van der Waals surface area (Å²) in [4.78, 5) is 64.8. The number of nitrogens with zero attached hydrogens (tertiary/aromatic N) is 4. The van der Waals surface area contributed by atoms with E-state index in [1.807, 2.05) is 9.80 Å². The Labute approximate surface area is 223 Å². The van der Waals surface area contributed by atoms with Gasteiger partial charge in [0.15, 0.2) is 5.78 Å². The second-order valence-electron chi connectivity index (χ2n) is 8.99. The van der Waals surface area contributed by atoms with E-state index in [0.29, 0.717) is 85.1 Å². The van der Waals surface area contributed by atoms with Gasteiger partial charge in [0, 0.05) is 65.3 Å². The first-order valence-corrected chi connectivity index (χ1v) is 12.9. The minimum Gasteiger partial charge on any atom is -0.480 e. The lowest BCUT2D eigenvalue weighted by molar-refractivity contribution is -0.140. The van der Waals surface area contributed by atoms with E-state index in [-0.39, 0.29) is 44.5 Å². The summed E-state index contributed by atoms with van der Waals surface area (Å²) in [5, 5.41) is 21.3. The van der Waals surface area contributed by atoms with Gasteiger partial charge in [-0.2, -0.15) is 0 Å². The van der Waals surface area contributed by atoms with Gasteiger partial charge in [0.2, 0.25) is 5.91 Å². The Hall–Kier alpha value is -2.49. The molecule has 1 heterocycles. The van der Waals surface area contributed by atoms with Crippen LogP contribution in [0.2, 0.25) is 0 Å². The number of carbonyl (C=O) groups is 5. The zero-order valence-electron chi connectivity index (χ0n) is 22.3. The van der Waals surface area contributed by atoms with Crippen LogP contribution >= 0.6 is 0 Å². The van der Waals surface area contributed by atoms with Crippen molar-refractivity contribution in [3.8, 4) is 0 Å². The van der Waals surface area contributed by atoms with Gasteiger partial charge in [0.25, 0.3) is 0 Å². The monoisotopic (exact) mass is 545 g/mol. The summed E-state index contributed by atoms with van der Waals surface area (Å²) < 4.78 is 10.6. The number of nitrogens with one attached hydrogen (secondary N) is 1. The summed E-state index contributed by atoms with van der Waals surface area (Å²) in [6.07, 6.45) is 1.23. The number of carboxylic acid groups (broad SMARTS) is 2. The lowest BCUT2D eigenvalue weighted by atomic mass is 10.3. The van der Waals surface area contributed by atoms with Crippen molar-refractivity contribution < 1.29 is 43.7 Å². The maximum absolute atomic E-state index is 12.5. The number of carboxylic acids is 2. The number of Topliss-reactive ketones (excluding diaryl/α,β-unsaturated/α-hetero) is 1. The van der Waals surface area contributed by atoms with E-state index in [9.17, 15) is 34.2 Å². The summed E-state index contributed by atoms with van der Waals surface area (Å²) in [6.45, 7) is 6.40. The topological polar surface area (TPSA) is 169 Å². The molecule has 0 radical (unpaired) electrons. The first-order chi connectivity index (χ1) is 18.2. The summed E-state index contributed by atoms with van der Waals surface area (Å²) in [5.74, 6) is -2.13. The van der Waals surface area contributed by atoms with Gasteiger partial charge in [-0.05, 0) is 0 Å². The van der Waals surface area contributed by atoms with Crippen molar-refractivity contribution in [2.45, 2.75) is 13.3 Å². The molecule has 0 atom stereocenters. The predicted molar refractivity (Wildman–Crippen MR) is 137 cm³/mol. The predicted octanol–water partition coefficient (Wildman–Crippen LogP) is -2.30. The molecular formula is C24H43N5O9. The van der Waals surface area contributed by atoms with Crippen LogP contribution in [0.3, 0.4) is 0 Å². The summed E-state index contributed by atoms with van der Waals surface area (Å²) in [5.41, 5.74) is 0. The normalized spacial score (nSPS) is 17.3. The Bertz CT molecular complexity index is 740. The summed E-state index contributed by atoms with van der Waals surface area (Å²) in [6, 6.07) is 0. The van der Waals surface area contributed by atoms with Crippen LogP contribution in [0.25, 0.3) is 0 Å². The third-order valence-corrected chi connectivity index (χ3v) is 5.95. The van der Waals surface area contributed by atoms with Crippen molar-refractivity contribution in [3.05, 3.63) is 0 Å². The second-order valence-corrected chi connectivity index (χ2v) is 8.99. The highest BCUT2D eigenvalue weighted by molar-refractivity contribution is 5.79. The van der Waals surface area contributed by atoms with E-state index >= 15 is 0 Å². The molecule has 0 unspecified atom stereocenters. The molecule has 1 fully saturated rings. The molecule has 218 valence electrons. The fraction of sp³-hybridized carbons (Fsp3) is 0.792. The average molecular weight is 546 g/mol. The number of ether oxygens (including phenoxy) is 2. The van der Waals surface area contributed by atoms with Crippen LogP contribution in [0.5, 0.6) is 0 Å². The lowest BCUT2D eigenvalue weighted by Gasteiger charge is -2.32. The van der Waals surface area contributed by atoms with Crippen molar-refractivity contribution in [2.24, 2.45) is 0 Å². The van der Waals surface area contributed by atoms with E-state index in [2.05, 4.69) is 5.32 Å². The fourth-order valence-electron chi connectivity index (χ4n) is 3.75. The van der Waals surface area contributed by atoms with Crippen molar-refractivity contribution >= 4 is 29.9 Å². The molecule has 38 heavy (non-hydrogen) atoms. The van der Waals surface area contributed by atoms with Gasteiger partial charge in [-0.1, -0.05) is 6.92 Å². The molecule has 0 aromatic rings. The molecule has 0 aromatic carbocycles. The molecule has 0 spiro atoms. The van der Waals surface area contributed by atoms with Crippen LogP contribution < -0.4 is 5.32 Å². The van der Waals surface area contributed by atoms with E-state index in [4.69, 9.17) is 9.47 Å². The minimum absolute atomic E-state index is 0.0273. The molecule has 1 amide bonds. The quantitative estimate of drug-likeness (QED) is 0.132. The van der Waals surface area contributed by atoms with E-state index in [1.54, 1.807) is 16.7 Å². The molecule has 1 rings (SSSR count). The first kappa shape index (κ1) is 33.5. The second kappa shape index (κ2) is 20.5. The number of aliphatic carboxylic acids is 2. The van der Waals surface area contributed by atoms with Crippen LogP contribution in [0.1, 0.15) is 13.3 Å². The molecule has 1 aliphatic heterocycles. The van der Waals surface area contributed by atoms with Crippen LogP contribution in [0, 0.1) is 0 Å². The number of carbonyl (C=O) groups excluding carboxylic acids is 3. The largest absolute Gasteiger partial charge is 0.480 e. The van der Waals surface area contributed by atoms with Crippen molar-refractivity contribution in [1.29, 1.82) is 0 Å². The van der Waals surface area contributed by atoms with Crippen molar-refractivity contribution in [2.75, 3.05) is 112 Å². The standard InChI is InChI=1S/C24H43N5O9/c1-2-21(31)20-38-16-15-37-14-3-25-22(32)17-27-6-4-26(12-13-30)5-7-28(18-23(33)34)10-11-29(9-8-27)19-24(35)36/h13H,2-12,14-20H2,1H3,(H,25,32)(H,33,34)(H,35,36). The van der Waals surface area contributed by atoms with Crippen molar-refractivity contribution in [3.63, 3.8) is 0 Å². The third-order valence-electron chi connectivity index (χ3n) is 5.95. The van der Waals surface area contributed by atoms with Crippen LogP contribution in [-0.4, -0.2) is 171 Å². The number of amides is 1. The van der Waals surface area contributed by atoms with Crippen molar-refractivity contribution in [1.82, 2.24) is 24.9 Å². The first-order valence-electron chi connectivity index (χ1n) is 12.9. The SMILES string of the molecule is CCC(=O)COCCOCCNC(=O)CN1CCN(CC=O)CCN(CC(=O)O)CCN(CC(=O)O)CC1. The highest BCUT2D eigenvalue weighted by atomic mass is 16.5. The van der Waals surface area contributed by atoms with Gasteiger partial charge < -0.3 is 29.8 Å². The molecular weight excluding hydrogens is 502 g/mol. The number of rotatable bonds is 17. The maximum atomic E-state index is 12.5. The van der Waals surface area contributed by atoms with E-state index in [1.165, 1.54) is 0 Å². The Morgan fingerprint density at radius 1 is 0.737 bits per heavy atom. The van der Waals surface area contributed by atoms with E-state index < -0.39 is 11.9 Å². The molecule has 0 bridgehead atoms. The molecule has 1 saturated heterocycles. The van der Waals surface area contributed by atoms with Gasteiger partial charge in [0.1, 0.15) is 12.9 Å². The summed E-state index contributed by atoms with van der Waals surface area (Å²) >= 11 is 0. The van der Waals surface area contributed by atoms with Gasteiger partial charge in [-0.3, -0.25) is 38.8 Å². The Balaban J connectivity index is 2.59. The highest BCUT2D eigenvalue weighted by Gasteiger charge is 2.20. The van der Waals surface area contributed by atoms with Gasteiger partial charge >= 0.3 is 11.9 Å². The average Bonchev–Trinajstić information content (AvgIpc) is 2.86. The van der Waals surface area contributed by atoms with Gasteiger partial charge in [0.05, 0.1) is 46.0 Å². The Morgan fingerprint density at radius 3 is 1.68 bits per heavy atom. The van der Waals surface area contributed by atoms with Gasteiger partial charge in [-0.15, -0.1) is 0 Å². The Morgan fingerprint density at radius 2 is 1.21 bits per heavy atom. The summed E-state index contributed by atoms with van der Waals surface area (Å²) in [7, 11) is 0. The fourth-order valence-corrected chi connectivity index (χ4v) is 3.75. The Kier molecular flexibility index (Phi) is 18.1. The number of hydrogen-bond donors (Lipinski definition) is 3. The molecule has 3 N–H and O–H groups in total. The lowest BCUT2D eigenvalue weighted by Crippen LogP contribution is -2.49. The van der Waals surface area contributed by atoms with E-state index in [0.717, 1.165) is 6.29 Å². The minimum atomic E-state index is -0.981. The molecule has 0 aliphatic carbocycles. The number of ketones is 1. The highest BCUT2D eigenvalue weighted by Crippen LogP contribution is 2.01. The zero-order valence-corrected chi connectivity index (χ0v) is 22.3. The molecule has 0 aromatic heterocycles. The van der Waals surface area contributed by atoms with Crippen LogP contribution in [0.15, 0.2) is 0 Å².